The van der Waals surface area contributed by atoms with E-state index in [1.807, 2.05) is 13.8 Å². The average molecular weight is 406 g/mol. The largest absolute Gasteiger partial charge is 0.456 e. The van der Waals surface area contributed by atoms with Gasteiger partial charge in [-0.1, -0.05) is 32.9 Å². The fourth-order valence-corrected chi connectivity index (χ4v) is 6.91. The fraction of sp³-hybridized carbons (Fsp3) is 0.727. The van der Waals surface area contributed by atoms with Crippen LogP contribution in [0.3, 0.4) is 0 Å². The number of hydrogen-bond acceptors (Lipinski definition) is 7. The summed E-state index contributed by atoms with van der Waals surface area (Å²) >= 11 is 0. The predicted octanol–water partition coefficient (Wildman–Crippen LogP) is 0.501. The molecule has 8 atom stereocenters. The number of aliphatic hydroxyl groups is 4. The Labute approximate surface area is 170 Å². The Balaban J connectivity index is 1.94. The third-order valence-corrected chi connectivity index (χ3v) is 8.31. The Kier molecular flexibility index (Phi) is 4.13. The van der Waals surface area contributed by atoms with Crippen LogP contribution in [0.25, 0.3) is 0 Å². The number of Topliss-reactive ketones (excluding diaryl/α,β-unsaturated/α-hetero) is 1. The molecule has 160 valence electrons. The second kappa shape index (κ2) is 5.78. The second-order valence-corrected chi connectivity index (χ2v) is 9.97. The summed E-state index contributed by atoms with van der Waals surface area (Å²) in [5.41, 5.74) is -4.52. The summed E-state index contributed by atoms with van der Waals surface area (Å²) in [7, 11) is 0. The number of carbonyl (C=O) groups excluding carboxylic acids is 2. The zero-order valence-corrected chi connectivity index (χ0v) is 17.5. The SMILES string of the molecule is CC(=O)O[C@@]12[C@H](O)[C@@H](C)[C@@]3(O)[C@@H](C=C(CO)C[C@@]4(O)C(=O)C(C)=C[C@@H]34)[C@@H]1C2(C)C. The van der Waals surface area contributed by atoms with Gasteiger partial charge in [-0.05, 0) is 18.1 Å². The van der Waals surface area contributed by atoms with Gasteiger partial charge in [-0.3, -0.25) is 9.59 Å². The van der Waals surface area contributed by atoms with E-state index in [-0.39, 0.29) is 13.0 Å². The molecule has 0 aromatic rings. The van der Waals surface area contributed by atoms with Gasteiger partial charge in [-0.25, -0.2) is 0 Å². The van der Waals surface area contributed by atoms with Crippen molar-refractivity contribution >= 4 is 11.8 Å². The molecule has 4 aliphatic rings. The zero-order valence-electron chi connectivity index (χ0n) is 17.5. The van der Waals surface area contributed by atoms with Crippen LogP contribution in [-0.2, 0) is 14.3 Å². The summed E-state index contributed by atoms with van der Waals surface area (Å²) in [6.45, 7) is 7.96. The van der Waals surface area contributed by atoms with Gasteiger partial charge in [0.05, 0.1) is 18.3 Å². The third-order valence-electron chi connectivity index (χ3n) is 8.31. The van der Waals surface area contributed by atoms with Crippen molar-refractivity contribution in [3.8, 4) is 0 Å². The molecular formula is C22H30O7. The summed E-state index contributed by atoms with van der Waals surface area (Å²) < 4.78 is 5.70. The fourth-order valence-electron chi connectivity index (χ4n) is 6.91. The van der Waals surface area contributed by atoms with Crippen molar-refractivity contribution in [3.05, 3.63) is 23.3 Å². The summed E-state index contributed by atoms with van der Waals surface area (Å²) in [4.78, 5) is 24.7. The number of rotatable bonds is 2. The molecule has 0 spiro atoms. The topological polar surface area (TPSA) is 124 Å². The van der Waals surface area contributed by atoms with Gasteiger partial charge in [0.1, 0.15) is 11.2 Å². The lowest BCUT2D eigenvalue weighted by atomic mass is 9.59. The van der Waals surface area contributed by atoms with Gasteiger partial charge in [0.2, 0.25) is 0 Å². The highest BCUT2D eigenvalue weighted by molar-refractivity contribution is 6.04. The van der Waals surface area contributed by atoms with Crippen LogP contribution in [0.5, 0.6) is 0 Å². The molecule has 0 heterocycles. The van der Waals surface area contributed by atoms with Crippen LogP contribution in [0.15, 0.2) is 23.3 Å². The maximum Gasteiger partial charge on any atom is 0.303 e. The predicted molar refractivity (Wildman–Crippen MR) is 102 cm³/mol. The summed E-state index contributed by atoms with van der Waals surface area (Å²) in [6, 6.07) is 0. The normalized spacial score (nSPS) is 49.8. The molecule has 0 aromatic carbocycles. The molecule has 0 aromatic heterocycles. The first-order chi connectivity index (χ1) is 13.3. The number of esters is 1. The first-order valence-electron chi connectivity index (χ1n) is 10.2. The molecule has 4 rings (SSSR count). The first-order valence-corrected chi connectivity index (χ1v) is 10.2. The van der Waals surface area contributed by atoms with Crippen LogP contribution in [0.2, 0.25) is 0 Å². The minimum atomic E-state index is -1.88. The molecular weight excluding hydrogens is 376 g/mol. The van der Waals surface area contributed by atoms with E-state index in [1.54, 1.807) is 26.0 Å². The van der Waals surface area contributed by atoms with E-state index in [1.165, 1.54) is 6.92 Å². The molecule has 7 heteroatoms. The van der Waals surface area contributed by atoms with Crippen LogP contribution >= 0.6 is 0 Å². The van der Waals surface area contributed by atoms with Crippen molar-refractivity contribution < 1.29 is 34.8 Å². The highest BCUT2D eigenvalue weighted by Crippen LogP contribution is 2.76. The number of ether oxygens (including phenoxy) is 1. The summed E-state index contributed by atoms with van der Waals surface area (Å²) in [5, 5.41) is 44.7. The lowest BCUT2D eigenvalue weighted by Crippen LogP contribution is -2.65. The maximum absolute atomic E-state index is 12.8. The second-order valence-electron chi connectivity index (χ2n) is 9.97. The lowest BCUT2D eigenvalue weighted by Gasteiger charge is -2.52. The molecule has 4 N–H and O–H groups in total. The molecule has 0 aliphatic heterocycles. The summed E-state index contributed by atoms with van der Waals surface area (Å²) in [5.74, 6) is -3.77. The van der Waals surface area contributed by atoms with Gasteiger partial charge in [0.15, 0.2) is 5.78 Å². The van der Waals surface area contributed by atoms with Gasteiger partial charge >= 0.3 is 5.97 Å². The molecule has 2 fully saturated rings. The van der Waals surface area contributed by atoms with Crippen molar-refractivity contribution in [1.29, 1.82) is 0 Å². The van der Waals surface area contributed by atoms with Crippen molar-refractivity contribution in [2.24, 2.45) is 29.1 Å². The van der Waals surface area contributed by atoms with Gasteiger partial charge < -0.3 is 25.2 Å². The van der Waals surface area contributed by atoms with Gasteiger partial charge in [-0.2, -0.15) is 0 Å². The number of carbonyl (C=O) groups is 2. The molecule has 0 amide bonds. The quantitative estimate of drug-likeness (QED) is 0.389. The molecule has 4 aliphatic carbocycles. The van der Waals surface area contributed by atoms with E-state index >= 15 is 0 Å². The van der Waals surface area contributed by atoms with Crippen LogP contribution < -0.4 is 0 Å². The Morgan fingerprint density at radius 2 is 1.90 bits per heavy atom. The Bertz CT molecular complexity index is 857. The van der Waals surface area contributed by atoms with Crippen molar-refractivity contribution in [3.63, 3.8) is 0 Å². The number of ketones is 1. The summed E-state index contributed by atoms with van der Waals surface area (Å²) in [6.07, 6.45) is 2.06. The average Bonchev–Trinajstić information content (AvgIpc) is 3.06. The maximum atomic E-state index is 12.8. The van der Waals surface area contributed by atoms with E-state index in [0.717, 1.165) is 0 Å². The van der Waals surface area contributed by atoms with Crippen molar-refractivity contribution in [2.45, 2.75) is 63.9 Å². The molecule has 0 unspecified atom stereocenters. The highest BCUT2D eigenvalue weighted by atomic mass is 16.6. The Morgan fingerprint density at radius 3 is 2.45 bits per heavy atom. The van der Waals surface area contributed by atoms with Gasteiger partial charge in [-0.15, -0.1) is 0 Å². The third kappa shape index (κ3) is 2.17. The van der Waals surface area contributed by atoms with E-state index in [9.17, 15) is 30.0 Å². The minimum absolute atomic E-state index is 0.0871. The van der Waals surface area contributed by atoms with Crippen LogP contribution in [-0.4, -0.2) is 61.7 Å². The van der Waals surface area contributed by atoms with E-state index < -0.39 is 63.7 Å². The minimum Gasteiger partial charge on any atom is -0.456 e. The molecule has 7 nitrogen and oxygen atoms in total. The Hall–Kier alpha value is -1.54. The van der Waals surface area contributed by atoms with Gasteiger partial charge in [0.25, 0.3) is 0 Å². The van der Waals surface area contributed by atoms with Crippen LogP contribution in [0.1, 0.15) is 41.0 Å². The monoisotopic (exact) mass is 406 g/mol. The molecule has 0 saturated heterocycles. The van der Waals surface area contributed by atoms with Crippen LogP contribution in [0, 0.1) is 29.1 Å². The van der Waals surface area contributed by atoms with E-state index in [2.05, 4.69) is 0 Å². The van der Waals surface area contributed by atoms with Crippen molar-refractivity contribution in [2.75, 3.05) is 6.61 Å². The van der Waals surface area contributed by atoms with Crippen LogP contribution in [0.4, 0.5) is 0 Å². The number of fused-ring (bicyclic) bond motifs is 5. The Morgan fingerprint density at radius 1 is 1.28 bits per heavy atom. The first kappa shape index (κ1) is 20.7. The molecule has 0 bridgehead atoms. The zero-order chi connectivity index (χ0) is 21.7. The van der Waals surface area contributed by atoms with E-state index in [4.69, 9.17) is 4.74 Å². The smallest absolute Gasteiger partial charge is 0.303 e. The van der Waals surface area contributed by atoms with Crippen molar-refractivity contribution in [1.82, 2.24) is 0 Å². The van der Waals surface area contributed by atoms with Gasteiger partial charge in [0, 0.05) is 42.4 Å². The number of hydrogen-bond donors (Lipinski definition) is 4. The molecule has 2 saturated carbocycles. The lowest BCUT2D eigenvalue weighted by molar-refractivity contribution is -0.218. The van der Waals surface area contributed by atoms with E-state index in [0.29, 0.717) is 11.1 Å². The highest BCUT2D eigenvalue weighted by Gasteiger charge is 2.86. The standard InChI is InChI=1S/C22H30O7/c1-10-6-15-20(27,17(10)25)8-13(9-23)7-14-16-19(4,5)22(16,29-12(3)24)18(26)11(2)21(14,15)28/h6-7,11,14-16,18,23,26-28H,8-9H2,1-5H3/t11-,14+,15-,16-,18-,20+,21-,22-/m1/s1. The molecule has 0 radical (unpaired) electrons. The number of aliphatic hydroxyl groups excluding tert-OH is 2. The molecule has 29 heavy (non-hydrogen) atoms.